The summed E-state index contributed by atoms with van der Waals surface area (Å²) < 4.78 is 1.61. The number of anilines is 1. The Morgan fingerprint density at radius 2 is 1.84 bits per heavy atom. The van der Waals surface area contributed by atoms with Crippen LogP contribution in [0.5, 0.6) is 5.75 Å². The van der Waals surface area contributed by atoms with Crippen LogP contribution in [0.15, 0.2) is 18.2 Å². The van der Waals surface area contributed by atoms with Gasteiger partial charge in [-0.2, -0.15) is 5.10 Å². The highest BCUT2D eigenvalue weighted by Gasteiger charge is 2.22. The van der Waals surface area contributed by atoms with Crippen LogP contribution in [0.2, 0.25) is 0 Å². The highest BCUT2D eigenvalue weighted by Crippen LogP contribution is 2.39. The Hall–Kier alpha value is -1.97. The van der Waals surface area contributed by atoms with Crippen molar-refractivity contribution < 1.29 is 5.11 Å². The maximum absolute atomic E-state index is 10.5. The third kappa shape index (κ3) is 2.43. The number of nitrogens with two attached hydrogens (primary N) is 1. The van der Waals surface area contributed by atoms with E-state index in [4.69, 9.17) is 5.73 Å². The molecule has 0 aliphatic rings. The number of nitrogens with zero attached hydrogens (tertiary/aromatic N) is 2. The third-order valence-corrected chi connectivity index (χ3v) is 3.25. The Bertz CT molecular complexity index is 602. The number of benzene rings is 1. The minimum absolute atomic E-state index is 0.120. The lowest BCUT2D eigenvalue weighted by atomic mass is 9.84. The zero-order valence-corrected chi connectivity index (χ0v) is 12.2. The number of aryl methyl sites for hydroxylation is 2. The summed E-state index contributed by atoms with van der Waals surface area (Å²) in [4.78, 5) is 0. The molecule has 0 aliphatic carbocycles. The first-order valence-electron chi connectivity index (χ1n) is 6.34. The Balaban J connectivity index is 2.68. The fraction of sp³-hybridized carbons (Fsp3) is 0.400. The molecule has 1 aromatic carbocycles. The van der Waals surface area contributed by atoms with Crippen LogP contribution >= 0.6 is 0 Å². The first kappa shape index (κ1) is 13.5. The minimum atomic E-state index is -0.120. The fourth-order valence-electron chi connectivity index (χ4n) is 2.16. The van der Waals surface area contributed by atoms with Crippen molar-refractivity contribution in [2.45, 2.75) is 33.1 Å². The molecular weight excluding hydrogens is 238 g/mol. The summed E-state index contributed by atoms with van der Waals surface area (Å²) in [6.45, 7) is 8.26. The molecule has 0 fully saturated rings. The summed E-state index contributed by atoms with van der Waals surface area (Å²) in [7, 11) is 1.79. The van der Waals surface area contributed by atoms with E-state index in [1.807, 2.05) is 19.1 Å². The Kier molecular flexibility index (Phi) is 3.04. The molecule has 0 saturated carbocycles. The number of hydrogen-bond acceptors (Lipinski definition) is 3. The smallest absolute Gasteiger partial charge is 0.128 e. The highest BCUT2D eigenvalue weighted by molar-refractivity contribution is 5.72. The summed E-state index contributed by atoms with van der Waals surface area (Å²) >= 11 is 0. The zero-order valence-electron chi connectivity index (χ0n) is 12.2. The maximum atomic E-state index is 10.5. The van der Waals surface area contributed by atoms with Gasteiger partial charge in [-0.15, -0.1) is 0 Å². The van der Waals surface area contributed by atoms with Crippen LogP contribution in [0.4, 0.5) is 5.82 Å². The molecule has 1 aromatic heterocycles. The fourth-order valence-corrected chi connectivity index (χ4v) is 2.16. The molecule has 102 valence electrons. The number of hydrogen-bond donors (Lipinski definition) is 2. The Morgan fingerprint density at radius 1 is 1.21 bits per heavy atom. The quantitative estimate of drug-likeness (QED) is 0.827. The zero-order chi connectivity index (χ0) is 14.4. The third-order valence-electron chi connectivity index (χ3n) is 3.25. The predicted molar refractivity (Wildman–Crippen MR) is 78.2 cm³/mol. The van der Waals surface area contributed by atoms with Gasteiger partial charge in [-0.25, -0.2) is 0 Å². The number of aromatic nitrogens is 2. The van der Waals surface area contributed by atoms with Crippen molar-refractivity contribution in [2.75, 3.05) is 5.73 Å². The second-order valence-electron chi connectivity index (χ2n) is 6.04. The van der Waals surface area contributed by atoms with Crippen LogP contribution in [-0.4, -0.2) is 14.9 Å². The molecule has 0 bridgehead atoms. The molecule has 0 aliphatic heterocycles. The van der Waals surface area contributed by atoms with Crippen LogP contribution in [-0.2, 0) is 12.5 Å². The largest absolute Gasteiger partial charge is 0.507 e. The molecule has 2 rings (SSSR count). The van der Waals surface area contributed by atoms with E-state index in [1.54, 1.807) is 17.8 Å². The van der Waals surface area contributed by atoms with Gasteiger partial charge in [0, 0.05) is 24.2 Å². The van der Waals surface area contributed by atoms with E-state index in [-0.39, 0.29) is 11.2 Å². The van der Waals surface area contributed by atoms with Gasteiger partial charge in [-0.05, 0) is 24.0 Å². The topological polar surface area (TPSA) is 64.1 Å². The van der Waals surface area contributed by atoms with E-state index in [0.29, 0.717) is 11.5 Å². The monoisotopic (exact) mass is 259 g/mol. The van der Waals surface area contributed by atoms with E-state index >= 15 is 0 Å². The lowest BCUT2D eigenvalue weighted by Crippen LogP contribution is -2.12. The van der Waals surface area contributed by atoms with Crippen LogP contribution < -0.4 is 5.73 Å². The van der Waals surface area contributed by atoms with Crippen molar-refractivity contribution in [1.29, 1.82) is 0 Å². The second kappa shape index (κ2) is 4.30. The van der Waals surface area contributed by atoms with Crippen molar-refractivity contribution in [1.82, 2.24) is 9.78 Å². The van der Waals surface area contributed by atoms with Crippen LogP contribution in [0.25, 0.3) is 11.3 Å². The highest BCUT2D eigenvalue weighted by atomic mass is 16.3. The van der Waals surface area contributed by atoms with E-state index in [0.717, 1.165) is 16.7 Å². The van der Waals surface area contributed by atoms with Crippen molar-refractivity contribution in [3.63, 3.8) is 0 Å². The molecule has 0 amide bonds. The molecule has 4 nitrogen and oxygen atoms in total. The molecule has 0 spiro atoms. The van der Waals surface area contributed by atoms with Gasteiger partial charge in [-0.1, -0.05) is 26.8 Å². The van der Waals surface area contributed by atoms with Gasteiger partial charge >= 0.3 is 0 Å². The molecule has 3 N–H and O–H groups in total. The molecule has 0 atom stereocenters. The number of rotatable bonds is 1. The molecule has 2 aromatic rings. The van der Waals surface area contributed by atoms with Crippen LogP contribution in [0.1, 0.15) is 31.9 Å². The molecule has 4 heteroatoms. The standard InChI is InChI=1S/C15H21N3O/c1-9-6-10(12-8-13(16)18(5)17-12)14(19)11(7-9)15(2,3)4/h6-8,19H,16H2,1-5H3. The summed E-state index contributed by atoms with van der Waals surface area (Å²) in [5.41, 5.74) is 9.15. The SMILES string of the molecule is Cc1cc(-c2cc(N)n(C)n2)c(O)c(C(C)(C)C)c1. The molecule has 0 radical (unpaired) electrons. The summed E-state index contributed by atoms with van der Waals surface area (Å²) in [5, 5.41) is 14.8. The average Bonchev–Trinajstić information content (AvgIpc) is 2.60. The summed E-state index contributed by atoms with van der Waals surface area (Å²) in [5.74, 6) is 0.865. The number of nitrogen functional groups attached to an aromatic ring is 1. The van der Waals surface area contributed by atoms with Gasteiger partial charge in [0.1, 0.15) is 11.6 Å². The van der Waals surface area contributed by atoms with E-state index in [2.05, 4.69) is 25.9 Å². The van der Waals surface area contributed by atoms with Gasteiger partial charge in [-0.3, -0.25) is 4.68 Å². The number of phenols is 1. The lowest BCUT2D eigenvalue weighted by molar-refractivity contribution is 0.448. The predicted octanol–water partition coefficient (Wildman–Crippen LogP) is 2.98. The maximum Gasteiger partial charge on any atom is 0.128 e. The first-order chi connectivity index (χ1) is 8.70. The van der Waals surface area contributed by atoms with E-state index in [9.17, 15) is 5.11 Å². The van der Waals surface area contributed by atoms with Gasteiger partial charge in [0.2, 0.25) is 0 Å². The first-order valence-corrected chi connectivity index (χ1v) is 6.34. The van der Waals surface area contributed by atoms with Gasteiger partial charge in [0.05, 0.1) is 5.69 Å². The Morgan fingerprint density at radius 3 is 2.32 bits per heavy atom. The molecule has 19 heavy (non-hydrogen) atoms. The van der Waals surface area contributed by atoms with Crippen LogP contribution in [0, 0.1) is 6.92 Å². The minimum Gasteiger partial charge on any atom is -0.507 e. The molecule has 0 unspecified atom stereocenters. The van der Waals surface area contributed by atoms with Crippen LogP contribution in [0.3, 0.4) is 0 Å². The van der Waals surface area contributed by atoms with Crippen molar-refractivity contribution in [3.05, 3.63) is 29.3 Å². The normalized spacial score (nSPS) is 11.8. The second-order valence-corrected chi connectivity index (χ2v) is 6.04. The Labute approximate surface area is 113 Å². The summed E-state index contributed by atoms with van der Waals surface area (Å²) in [6, 6.07) is 5.73. The molecule has 1 heterocycles. The van der Waals surface area contributed by atoms with Gasteiger partial charge in [0.25, 0.3) is 0 Å². The molecule has 0 saturated heterocycles. The lowest BCUT2D eigenvalue weighted by Gasteiger charge is -2.22. The number of aromatic hydroxyl groups is 1. The number of phenolic OH excluding ortho intramolecular Hbond substituents is 1. The molecular formula is C15H21N3O. The van der Waals surface area contributed by atoms with Crippen molar-refractivity contribution in [2.24, 2.45) is 7.05 Å². The summed E-state index contributed by atoms with van der Waals surface area (Å²) in [6.07, 6.45) is 0. The van der Waals surface area contributed by atoms with E-state index < -0.39 is 0 Å². The average molecular weight is 259 g/mol. The van der Waals surface area contributed by atoms with Gasteiger partial charge in [0.15, 0.2) is 0 Å². The van der Waals surface area contributed by atoms with Crippen molar-refractivity contribution >= 4 is 5.82 Å². The van der Waals surface area contributed by atoms with Gasteiger partial charge < -0.3 is 10.8 Å². The van der Waals surface area contributed by atoms with Crippen molar-refractivity contribution in [3.8, 4) is 17.0 Å². The van der Waals surface area contributed by atoms with E-state index in [1.165, 1.54) is 0 Å².